The molecule has 2 amide bonds. The summed E-state index contributed by atoms with van der Waals surface area (Å²) in [6.45, 7) is 0.355. The Labute approximate surface area is 174 Å². The van der Waals surface area contributed by atoms with Crippen LogP contribution in [0.15, 0.2) is 66.8 Å². The van der Waals surface area contributed by atoms with Crippen molar-refractivity contribution >= 4 is 17.5 Å². The van der Waals surface area contributed by atoms with Gasteiger partial charge in [-0.25, -0.2) is 0 Å². The molecular weight excluding hydrogens is 380 g/mol. The number of carbonyl (C=O) groups is 2. The number of benzene rings is 2. The van der Waals surface area contributed by atoms with Crippen molar-refractivity contribution in [3.05, 3.63) is 77.9 Å². The van der Waals surface area contributed by atoms with Crippen LogP contribution in [0.1, 0.15) is 22.3 Å². The predicted octanol–water partition coefficient (Wildman–Crippen LogP) is 3.55. The van der Waals surface area contributed by atoms with Crippen molar-refractivity contribution in [3.63, 3.8) is 0 Å². The molecule has 30 heavy (non-hydrogen) atoms. The standard InChI is InChI=1S/C24H22N2O4/c1-29-21-12-17-18(13-22(21)30-14-15-7-3-2-4-8-15)25-23(27)20-11-16-9-5-6-10-19(16)26(20)24(17)28/h2-10,12-13,16,19-20H,11,14H2,1H3,(H,25,27)/t16?,19?,20-/m0/s1. The van der Waals surface area contributed by atoms with E-state index in [-0.39, 0.29) is 23.8 Å². The Bertz CT molecular complexity index is 1060. The number of allylic oxidation sites excluding steroid dienone is 2. The molecule has 2 aromatic carbocycles. The van der Waals surface area contributed by atoms with E-state index in [0.717, 1.165) is 5.56 Å². The third-order valence-corrected chi connectivity index (χ3v) is 5.94. The van der Waals surface area contributed by atoms with E-state index < -0.39 is 6.04 Å². The molecule has 5 rings (SSSR count). The van der Waals surface area contributed by atoms with Gasteiger partial charge >= 0.3 is 0 Å². The average molecular weight is 402 g/mol. The Morgan fingerprint density at radius 2 is 1.87 bits per heavy atom. The summed E-state index contributed by atoms with van der Waals surface area (Å²) >= 11 is 0. The van der Waals surface area contributed by atoms with Gasteiger partial charge in [-0.2, -0.15) is 0 Å². The van der Waals surface area contributed by atoms with E-state index in [9.17, 15) is 9.59 Å². The van der Waals surface area contributed by atoms with Crippen LogP contribution in [0.2, 0.25) is 0 Å². The van der Waals surface area contributed by atoms with Crippen LogP contribution in [-0.4, -0.2) is 35.9 Å². The lowest BCUT2D eigenvalue weighted by atomic mass is 9.94. The molecule has 2 heterocycles. The molecule has 0 aromatic heterocycles. The number of ether oxygens (including phenoxy) is 2. The van der Waals surface area contributed by atoms with Crippen LogP contribution in [0, 0.1) is 5.92 Å². The molecule has 6 nitrogen and oxygen atoms in total. The fraction of sp³-hybridized carbons (Fsp3) is 0.250. The quantitative estimate of drug-likeness (QED) is 0.849. The normalized spacial score (nSPS) is 23.9. The van der Waals surface area contributed by atoms with Crippen LogP contribution in [0.5, 0.6) is 11.5 Å². The number of anilines is 1. The van der Waals surface area contributed by atoms with Crippen LogP contribution >= 0.6 is 0 Å². The van der Waals surface area contributed by atoms with Gasteiger partial charge in [-0.1, -0.05) is 54.6 Å². The molecule has 1 saturated heterocycles. The minimum atomic E-state index is -0.494. The molecule has 2 unspecified atom stereocenters. The SMILES string of the molecule is COc1cc2c(cc1OCc1ccccc1)NC(=O)[C@@H]1CC3C=CC=CC3N1C2=O. The molecule has 0 radical (unpaired) electrons. The summed E-state index contributed by atoms with van der Waals surface area (Å²) in [5, 5.41) is 2.94. The number of fused-ring (bicyclic) bond motifs is 4. The third kappa shape index (κ3) is 3.05. The van der Waals surface area contributed by atoms with Crippen LogP contribution in [0.25, 0.3) is 0 Å². The van der Waals surface area contributed by atoms with Gasteiger partial charge in [0.2, 0.25) is 5.91 Å². The summed E-state index contributed by atoms with van der Waals surface area (Å²) in [6.07, 6.45) is 8.59. The van der Waals surface area contributed by atoms with Gasteiger partial charge in [0.05, 0.1) is 24.4 Å². The zero-order valence-electron chi connectivity index (χ0n) is 16.6. The second-order valence-corrected chi connectivity index (χ2v) is 7.70. The monoisotopic (exact) mass is 402 g/mol. The summed E-state index contributed by atoms with van der Waals surface area (Å²) in [6, 6.07) is 12.5. The first-order valence-corrected chi connectivity index (χ1v) is 10.0. The predicted molar refractivity (Wildman–Crippen MR) is 113 cm³/mol. The lowest BCUT2D eigenvalue weighted by Gasteiger charge is -2.28. The van der Waals surface area contributed by atoms with Crippen LogP contribution < -0.4 is 14.8 Å². The second-order valence-electron chi connectivity index (χ2n) is 7.70. The number of nitrogens with one attached hydrogen (secondary N) is 1. The highest BCUT2D eigenvalue weighted by molar-refractivity contribution is 6.11. The highest BCUT2D eigenvalue weighted by Crippen LogP contribution is 2.41. The Balaban J connectivity index is 1.49. The number of hydrogen-bond acceptors (Lipinski definition) is 4. The van der Waals surface area contributed by atoms with Crippen molar-refractivity contribution in [1.82, 2.24) is 4.90 Å². The summed E-state index contributed by atoms with van der Waals surface area (Å²) in [5.41, 5.74) is 1.88. The fourth-order valence-electron chi connectivity index (χ4n) is 4.45. The highest BCUT2D eigenvalue weighted by Gasteiger charge is 2.47. The van der Waals surface area contributed by atoms with Gasteiger partial charge in [-0.05, 0) is 18.1 Å². The smallest absolute Gasteiger partial charge is 0.257 e. The summed E-state index contributed by atoms with van der Waals surface area (Å²) < 4.78 is 11.5. The first-order chi connectivity index (χ1) is 14.7. The molecule has 2 aliphatic heterocycles. The maximum atomic E-state index is 13.5. The molecule has 0 bridgehead atoms. The average Bonchev–Trinajstić information content (AvgIpc) is 3.13. The van der Waals surface area contributed by atoms with E-state index in [2.05, 4.69) is 11.4 Å². The van der Waals surface area contributed by atoms with Crippen molar-refractivity contribution in [2.45, 2.75) is 25.1 Å². The minimum absolute atomic E-state index is 0.107. The van der Waals surface area contributed by atoms with Crippen LogP contribution in [-0.2, 0) is 11.4 Å². The Morgan fingerprint density at radius 1 is 1.07 bits per heavy atom. The van der Waals surface area contributed by atoms with Gasteiger partial charge < -0.3 is 19.7 Å². The molecule has 1 aliphatic carbocycles. The molecule has 152 valence electrons. The zero-order valence-corrected chi connectivity index (χ0v) is 16.6. The maximum absolute atomic E-state index is 13.5. The summed E-state index contributed by atoms with van der Waals surface area (Å²) in [5.74, 6) is 0.756. The largest absolute Gasteiger partial charge is 0.493 e. The Morgan fingerprint density at radius 3 is 2.67 bits per heavy atom. The van der Waals surface area contributed by atoms with E-state index in [4.69, 9.17) is 9.47 Å². The molecule has 0 spiro atoms. The molecule has 3 atom stereocenters. The summed E-state index contributed by atoms with van der Waals surface area (Å²) in [7, 11) is 1.54. The lowest BCUT2D eigenvalue weighted by Crippen LogP contribution is -2.44. The first kappa shape index (κ1) is 18.5. The molecule has 0 saturated carbocycles. The van der Waals surface area contributed by atoms with Gasteiger partial charge in [0.15, 0.2) is 11.5 Å². The number of nitrogens with zero attached hydrogens (tertiary/aromatic N) is 1. The first-order valence-electron chi connectivity index (χ1n) is 10.0. The molecular formula is C24H22N2O4. The van der Waals surface area contributed by atoms with Gasteiger partial charge in [-0.15, -0.1) is 0 Å². The number of amides is 2. The van der Waals surface area contributed by atoms with Gasteiger partial charge in [0, 0.05) is 12.0 Å². The lowest BCUT2D eigenvalue weighted by molar-refractivity contribution is -0.119. The number of carbonyl (C=O) groups excluding carboxylic acids is 2. The van der Waals surface area contributed by atoms with Crippen molar-refractivity contribution in [2.24, 2.45) is 5.92 Å². The van der Waals surface area contributed by atoms with Gasteiger partial charge in [-0.3, -0.25) is 9.59 Å². The second kappa shape index (κ2) is 7.37. The van der Waals surface area contributed by atoms with E-state index in [1.807, 2.05) is 48.6 Å². The van der Waals surface area contributed by atoms with E-state index in [1.54, 1.807) is 24.1 Å². The third-order valence-electron chi connectivity index (χ3n) is 5.94. The number of hydrogen-bond donors (Lipinski definition) is 1. The van der Waals surface area contributed by atoms with Crippen molar-refractivity contribution in [1.29, 1.82) is 0 Å². The topological polar surface area (TPSA) is 67.9 Å². The van der Waals surface area contributed by atoms with E-state index in [0.29, 0.717) is 35.8 Å². The maximum Gasteiger partial charge on any atom is 0.257 e. The Hall–Kier alpha value is -3.54. The Kier molecular flexibility index (Phi) is 4.54. The van der Waals surface area contributed by atoms with Gasteiger partial charge in [0.1, 0.15) is 12.6 Å². The minimum Gasteiger partial charge on any atom is -0.493 e. The van der Waals surface area contributed by atoms with Crippen molar-refractivity contribution < 1.29 is 19.1 Å². The summed E-state index contributed by atoms with van der Waals surface area (Å²) in [4.78, 5) is 28.1. The molecule has 2 aromatic rings. The van der Waals surface area contributed by atoms with Crippen LogP contribution in [0.3, 0.4) is 0 Å². The number of rotatable bonds is 4. The van der Waals surface area contributed by atoms with E-state index >= 15 is 0 Å². The van der Waals surface area contributed by atoms with Crippen LogP contribution in [0.4, 0.5) is 5.69 Å². The molecule has 1 fully saturated rings. The molecule has 6 heteroatoms. The highest BCUT2D eigenvalue weighted by atomic mass is 16.5. The number of methoxy groups -OCH3 is 1. The fourth-order valence-corrected chi connectivity index (χ4v) is 4.45. The van der Waals surface area contributed by atoms with E-state index in [1.165, 1.54) is 0 Å². The molecule has 3 aliphatic rings. The molecule has 1 N–H and O–H groups in total. The zero-order chi connectivity index (χ0) is 20.7. The van der Waals surface area contributed by atoms with Crippen molar-refractivity contribution in [3.8, 4) is 11.5 Å². The van der Waals surface area contributed by atoms with Crippen molar-refractivity contribution in [2.75, 3.05) is 12.4 Å². The van der Waals surface area contributed by atoms with Gasteiger partial charge in [0.25, 0.3) is 5.91 Å².